The van der Waals surface area contributed by atoms with Crippen molar-refractivity contribution < 1.29 is 23.6 Å². The highest BCUT2D eigenvalue weighted by Crippen LogP contribution is 2.54. The zero-order valence-electron chi connectivity index (χ0n) is 21.7. The van der Waals surface area contributed by atoms with Crippen molar-refractivity contribution in [1.82, 2.24) is 0 Å². The predicted molar refractivity (Wildman–Crippen MR) is 141 cm³/mol. The Morgan fingerprint density at radius 3 is 1.63 bits per heavy atom. The molecular weight excluding hydrogens is 459 g/mol. The molecule has 184 valence electrons. The van der Waals surface area contributed by atoms with Crippen LogP contribution in [0.2, 0.25) is 0 Å². The van der Waals surface area contributed by atoms with Crippen LogP contribution in [0.3, 0.4) is 0 Å². The lowest BCUT2D eigenvalue weighted by molar-refractivity contribution is 0.103. The molecule has 3 rings (SSSR count). The van der Waals surface area contributed by atoms with Gasteiger partial charge in [0.2, 0.25) is 18.2 Å². The number of aryl methyl sites for hydroxylation is 3. The monoisotopic (exact) mass is 492 g/mol. The van der Waals surface area contributed by atoms with Crippen LogP contribution >= 0.6 is 7.14 Å². The van der Waals surface area contributed by atoms with Crippen LogP contribution in [0, 0.1) is 20.8 Å². The highest BCUT2D eigenvalue weighted by atomic mass is 31.2. The lowest BCUT2D eigenvalue weighted by atomic mass is 9.84. The summed E-state index contributed by atoms with van der Waals surface area (Å²) in [5.74, 6) is 0.430. The SMILES string of the molecule is COc1cc(C)cc(OC)c1C(=O)P(=O)(C(=O)c1c(C)cc(C(C)(C)C)cc1C)c1ccccc1. The molecule has 0 heterocycles. The molecule has 0 aromatic heterocycles. The topological polar surface area (TPSA) is 69.7 Å². The minimum absolute atomic E-state index is 0.00255. The van der Waals surface area contributed by atoms with E-state index in [1.54, 1.807) is 42.5 Å². The van der Waals surface area contributed by atoms with Gasteiger partial charge >= 0.3 is 0 Å². The summed E-state index contributed by atoms with van der Waals surface area (Å²) in [6.07, 6.45) is 0. The fraction of sp³-hybridized carbons (Fsp3) is 0.310. The second kappa shape index (κ2) is 9.83. The molecule has 0 aliphatic rings. The summed E-state index contributed by atoms with van der Waals surface area (Å²) >= 11 is 0. The Balaban J connectivity index is 2.33. The van der Waals surface area contributed by atoms with Gasteiger partial charge in [0.25, 0.3) is 0 Å². The molecule has 1 unspecified atom stereocenters. The van der Waals surface area contributed by atoms with Crippen LogP contribution < -0.4 is 14.8 Å². The average Bonchev–Trinajstić information content (AvgIpc) is 2.81. The number of methoxy groups -OCH3 is 2. The van der Waals surface area contributed by atoms with Crippen molar-refractivity contribution in [1.29, 1.82) is 0 Å². The first-order valence-electron chi connectivity index (χ1n) is 11.5. The van der Waals surface area contributed by atoms with Gasteiger partial charge in [0.15, 0.2) is 0 Å². The Hall–Kier alpha value is -3.17. The van der Waals surface area contributed by atoms with Gasteiger partial charge in [0.1, 0.15) is 17.1 Å². The Bertz CT molecular complexity index is 1280. The van der Waals surface area contributed by atoms with E-state index in [-0.39, 0.29) is 27.8 Å². The van der Waals surface area contributed by atoms with Crippen LogP contribution in [0.4, 0.5) is 0 Å². The standard InChI is InChI=1S/C29H33O5P/c1-18-14-23(33-7)26(24(15-18)34-8)28(31)35(32,22-12-10-9-11-13-22)27(30)25-19(2)16-21(17-20(25)3)29(4,5)6/h9-17H,1-8H3. The third-order valence-corrected chi connectivity index (χ3v) is 8.78. The van der Waals surface area contributed by atoms with Crippen molar-refractivity contribution >= 4 is 23.5 Å². The number of rotatable bonds is 7. The van der Waals surface area contributed by atoms with E-state index in [0.717, 1.165) is 11.1 Å². The van der Waals surface area contributed by atoms with Crippen molar-refractivity contribution in [3.8, 4) is 11.5 Å². The molecule has 0 aliphatic carbocycles. The van der Waals surface area contributed by atoms with Gasteiger partial charge in [-0.15, -0.1) is 0 Å². The van der Waals surface area contributed by atoms with Gasteiger partial charge < -0.3 is 14.0 Å². The van der Waals surface area contributed by atoms with E-state index in [1.807, 2.05) is 32.9 Å². The van der Waals surface area contributed by atoms with E-state index in [1.165, 1.54) is 14.2 Å². The average molecular weight is 493 g/mol. The Kier molecular flexibility index (Phi) is 7.42. The molecule has 5 nitrogen and oxygen atoms in total. The third kappa shape index (κ3) is 4.83. The fourth-order valence-electron chi connectivity index (χ4n) is 4.27. The Labute approximate surface area is 207 Å². The molecule has 3 aromatic rings. The van der Waals surface area contributed by atoms with E-state index in [4.69, 9.17) is 9.47 Å². The highest BCUT2D eigenvalue weighted by molar-refractivity contribution is 8.01. The van der Waals surface area contributed by atoms with Gasteiger partial charge in [-0.1, -0.05) is 63.2 Å². The molecule has 0 saturated heterocycles. The molecule has 3 aromatic carbocycles. The zero-order valence-corrected chi connectivity index (χ0v) is 22.6. The second-order valence-corrected chi connectivity index (χ2v) is 12.4. The van der Waals surface area contributed by atoms with Crippen LogP contribution in [0.15, 0.2) is 54.6 Å². The molecule has 6 heteroatoms. The maximum absolute atomic E-state index is 14.8. The van der Waals surface area contributed by atoms with Gasteiger partial charge in [0, 0.05) is 10.9 Å². The third-order valence-electron chi connectivity index (χ3n) is 6.17. The molecule has 0 bridgehead atoms. The minimum Gasteiger partial charge on any atom is -0.496 e. The normalized spacial score (nSPS) is 13.1. The molecule has 35 heavy (non-hydrogen) atoms. The number of carbonyl (C=O) groups excluding carboxylic acids is 2. The van der Waals surface area contributed by atoms with Crippen LogP contribution in [0.1, 0.15) is 63.7 Å². The summed E-state index contributed by atoms with van der Waals surface area (Å²) in [4.78, 5) is 28.3. The number of carbonyl (C=O) groups is 2. The number of hydrogen-bond donors (Lipinski definition) is 0. The lowest BCUT2D eigenvalue weighted by Crippen LogP contribution is -2.23. The largest absolute Gasteiger partial charge is 0.496 e. The first-order valence-corrected chi connectivity index (χ1v) is 13.2. The number of hydrogen-bond acceptors (Lipinski definition) is 5. The molecule has 0 spiro atoms. The summed E-state index contributed by atoms with van der Waals surface area (Å²) in [5, 5.41) is 0.179. The summed E-state index contributed by atoms with van der Waals surface area (Å²) < 4.78 is 25.8. The number of ether oxygens (including phenoxy) is 2. The van der Waals surface area contributed by atoms with Gasteiger partial charge in [-0.05, 0) is 60.6 Å². The summed E-state index contributed by atoms with van der Waals surface area (Å²) in [6.45, 7) is 11.8. The van der Waals surface area contributed by atoms with Crippen molar-refractivity contribution in [2.45, 2.75) is 47.0 Å². The van der Waals surface area contributed by atoms with Crippen molar-refractivity contribution in [3.63, 3.8) is 0 Å². The first kappa shape index (κ1) is 26.4. The predicted octanol–water partition coefficient (Wildman–Crippen LogP) is 6.60. The second-order valence-electron chi connectivity index (χ2n) is 9.83. The summed E-state index contributed by atoms with van der Waals surface area (Å²) in [6, 6.07) is 15.5. The zero-order chi connectivity index (χ0) is 26.1. The van der Waals surface area contributed by atoms with E-state index in [0.29, 0.717) is 16.7 Å². The fourth-order valence-corrected chi connectivity index (χ4v) is 6.72. The van der Waals surface area contributed by atoms with Gasteiger partial charge in [-0.2, -0.15) is 0 Å². The lowest BCUT2D eigenvalue weighted by Gasteiger charge is -2.24. The summed E-state index contributed by atoms with van der Waals surface area (Å²) in [5.41, 5.74) is 1.94. The minimum atomic E-state index is -4.34. The highest BCUT2D eigenvalue weighted by Gasteiger charge is 2.46. The Morgan fingerprint density at radius 2 is 1.20 bits per heavy atom. The molecule has 0 aliphatic heterocycles. The van der Waals surface area contributed by atoms with E-state index in [9.17, 15) is 14.2 Å². The van der Waals surface area contributed by atoms with Crippen LogP contribution in [0.5, 0.6) is 11.5 Å². The molecule has 0 saturated carbocycles. The molecular formula is C29H33O5P. The first-order chi connectivity index (χ1) is 16.4. The Morgan fingerprint density at radius 1 is 0.743 bits per heavy atom. The van der Waals surface area contributed by atoms with Gasteiger partial charge in [-0.25, -0.2) is 0 Å². The van der Waals surface area contributed by atoms with Crippen molar-refractivity contribution in [2.75, 3.05) is 14.2 Å². The summed E-state index contributed by atoms with van der Waals surface area (Å²) in [7, 11) is -1.48. The molecule has 0 N–H and O–H groups in total. The maximum atomic E-state index is 14.8. The van der Waals surface area contributed by atoms with Crippen LogP contribution in [-0.4, -0.2) is 25.3 Å². The van der Waals surface area contributed by atoms with Crippen LogP contribution in [0.25, 0.3) is 0 Å². The van der Waals surface area contributed by atoms with Crippen molar-refractivity contribution in [2.24, 2.45) is 0 Å². The van der Waals surface area contributed by atoms with Gasteiger partial charge in [0.05, 0.1) is 14.2 Å². The molecule has 0 fully saturated rings. The van der Waals surface area contributed by atoms with Crippen molar-refractivity contribution in [3.05, 3.63) is 88.0 Å². The van der Waals surface area contributed by atoms with E-state index in [2.05, 4.69) is 20.8 Å². The van der Waals surface area contributed by atoms with Gasteiger partial charge in [-0.3, -0.25) is 9.59 Å². The molecule has 0 radical (unpaired) electrons. The maximum Gasteiger partial charge on any atom is 0.249 e. The molecule has 1 atom stereocenters. The van der Waals surface area contributed by atoms with E-state index >= 15 is 0 Å². The quantitative estimate of drug-likeness (QED) is 0.348. The number of benzene rings is 3. The van der Waals surface area contributed by atoms with Crippen LogP contribution in [-0.2, 0) is 9.98 Å². The molecule has 0 amide bonds. The smallest absolute Gasteiger partial charge is 0.249 e. The van der Waals surface area contributed by atoms with E-state index < -0.39 is 18.2 Å².